The van der Waals surface area contributed by atoms with Gasteiger partial charge in [0, 0.05) is 0 Å². The number of allylic oxidation sites excluding steroid dienone is 1. The van der Waals surface area contributed by atoms with E-state index in [1.165, 1.54) is 5.06 Å². The lowest BCUT2D eigenvalue weighted by atomic mass is 9.96. The topological polar surface area (TPSA) is 61.8 Å². The van der Waals surface area contributed by atoms with E-state index in [1.54, 1.807) is 6.92 Å². The molecule has 5 heteroatoms. The minimum absolute atomic E-state index is 0.251. The molecule has 0 saturated heterocycles. The van der Waals surface area contributed by atoms with Crippen LogP contribution in [0.15, 0.2) is 35.7 Å². The highest BCUT2D eigenvalue weighted by Gasteiger charge is 2.31. The summed E-state index contributed by atoms with van der Waals surface area (Å²) in [5.41, 5.74) is 3.02. The number of carbonyl (C=O) groups is 1. The normalized spacial score (nSPS) is 21.0. The Hall–Kier alpha value is -2.01. The van der Waals surface area contributed by atoms with Crippen LogP contribution < -0.4 is 10.4 Å². The molecule has 0 saturated carbocycles. The minimum Gasteiger partial charge on any atom is -0.464 e. The van der Waals surface area contributed by atoms with Gasteiger partial charge in [0.1, 0.15) is 11.9 Å². The van der Waals surface area contributed by atoms with Gasteiger partial charge in [-0.25, -0.2) is 9.86 Å². The lowest BCUT2D eigenvalue weighted by molar-refractivity contribution is -0.145. The summed E-state index contributed by atoms with van der Waals surface area (Å²) in [7, 11) is 0. The van der Waals surface area contributed by atoms with Gasteiger partial charge in [-0.3, -0.25) is 5.21 Å². The van der Waals surface area contributed by atoms with Crippen LogP contribution in [0, 0.1) is 0 Å². The average Bonchev–Trinajstić information content (AvgIpc) is 2.70. The van der Waals surface area contributed by atoms with Crippen molar-refractivity contribution >= 4 is 11.7 Å². The molecule has 2 heterocycles. The van der Waals surface area contributed by atoms with E-state index < -0.39 is 6.04 Å². The van der Waals surface area contributed by atoms with E-state index in [2.05, 4.69) is 5.32 Å². The van der Waals surface area contributed by atoms with E-state index in [-0.39, 0.29) is 5.97 Å². The molecule has 1 unspecified atom stereocenters. The Balaban J connectivity index is 1.87. The van der Waals surface area contributed by atoms with E-state index in [4.69, 9.17) is 4.74 Å². The lowest BCUT2D eigenvalue weighted by Gasteiger charge is -2.31. The third kappa shape index (κ3) is 2.61. The molecule has 21 heavy (non-hydrogen) atoms. The predicted molar refractivity (Wildman–Crippen MR) is 78.8 cm³/mol. The Bertz CT molecular complexity index is 583. The highest BCUT2D eigenvalue weighted by atomic mass is 16.5. The number of fused-ring (bicyclic) bond motifs is 1. The standard InChI is InChI=1S/C16H20N2O3/c1-2-21-16(19)13-8-5-7-12-10-11-6-3-4-9-14(11)18(20)15(12)17-13/h3-4,6,9,13,17,20H,2,5,7-8,10H2,1H3. The van der Waals surface area contributed by atoms with Gasteiger partial charge in [-0.05, 0) is 49.8 Å². The van der Waals surface area contributed by atoms with E-state index >= 15 is 0 Å². The molecule has 0 bridgehead atoms. The average molecular weight is 288 g/mol. The molecule has 1 atom stereocenters. The van der Waals surface area contributed by atoms with Crippen LogP contribution in [-0.4, -0.2) is 23.8 Å². The number of benzene rings is 1. The number of hydrogen-bond donors (Lipinski definition) is 2. The number of esters is 1. The fourth-order valence-corrected chi connectivity index (χ4v) is 3.00. The van der Waals surface area contributed by atoms with Gasteiger partial charge in [0.25, 0.3) is 0 Å². The van der Waals surface area contributed by atoms with Crippen molar-refractivity contribution in [3.05, 3.63) is 41.2 Å². The number of anilines is 1. The van der Waals surface area contributed by atoms with Crippen molar-refractivity contribution in [1.29, 1.82) is 0 Å². The molecule has 0 radical (unpaired) electrons. The van der Waals surface area contributed by atoms with Crippen LogP contribution in [0.1, 0.15) is 31.7 Å². The Morgan fingerprint density at radius 3 is 3.10 bits per heavy atom. The summed E-state index contributed by atoms with van der Waals surface area (Å²) in [5, 5.41) is 14.8. The summed E-state index contributed by atoms with van der Waals surface area (Å²) in [4.78, 5) is 12.0. The molecule has 0 amide bonds. The molecule has 0 spiro atoms. The van der Waals surface area contributed by atoms with E-state index in [9.17, 15) is 10.0 Å². The summed E-state index contributed by atoms with van der Waals surface area (Å²) < 4.78 is 5.10. The van der Waals surface area contributed by atoms with Crippen LogP contribution in [0.3, 0.4) is 0 Å². The van der Waals surface area contributed by atoms with Crippen LogP contribution in [0.5, 0.6) is 0 Å². The number of carbonyl (C=O) groups excluding carboxylic acids is 1. The molecule has 1 aromatic carbocycles. The molecule has 0 aromatic heterocycles. The van der Waals surface area contributed by atoms with Crippen LogP contribution >= 0.6 is 0 Å². The first kappa shape index (κ1) is 13.9. The fourth-order valence-electron chi connectivity index (χ4n) is 3.00. The zero-order valence-corrected chi connectivity index (χ0v) is 12.1. The molecule has 0 fully saturated rings. The van der Waals surface area contributed by atoms with Gasteiger partial charge in [0.2, 0.25) is 0 Å². The summed E-state index contributed by atoms with van der Waals surface area (Å²) >= 11 is 0. The Morgan fingerprint density at radius 1 is 1.48 bits per heavy atom. The van der Waals surface area contributed by atoms with Gasteiger partial charge in [0.15, 0.2) is 0 Å². The third-order valence-corrected chi connectivity index (χ3v) is 4.02. The second-order valence-corrected chi connectivity index (χ2v) is 5.41. The molecule has 112 valence electrons. The maximum Gasteiger partial charge on any atom is 0.328 e. The largest absolute Gasteiger partial charge is 0.464 e. The predicted octanol–water partition coefficient (Wildman–Crippen LogP) is 2.36. The second-order valence-electron chi connectivity index (χ2n) is 5.41. The van der Waals surface area contributed by atoms with Crippen LogP contribution in [-0.2, 0) is 16.0 Å². The first-order valence-corrected chi connectivity index (χ1v) is 7.42. The summed E-state index contributed by atoms with van der Waals surface area (Å²) in [6, 6.07) is 7.38. The third-order valence-electron chi connectivity index (χ3n) is 4.02. The van der Waals surface area contributed by atoms with Crippen molar-refractivity contribution < 1.29 is 14.7 Å². The van der Waals surface area contributed by atoms with Gasteiger partial charge in [-0.15, -0.1) is 0 Å². The number of para-hydroxylation sites is 1. The summed E-state index contributed by atoms with van der Waals surface area (Å²) in [5.74, 6) is 0.391. The molecule has 2 N–H and O–H groups in total. The maximum absolute atomic E-state index is 12.0. The number of hydroxylamine groups is 1. The molecule has 5 nitrogen and oxygen atoms in total. The van der Waals surface area contributed by atoms with Crippen molar-refractivity contribution in [3.8, 4) is 0 Å². The number of rotatable bonds is 2. The number of nitrogens with zero attached hydrogens (tertiary/aromatic N) is 1. The van der Waals surface area contributed by atoms with E-state index in [0.717, 1.165) is 42.5 Å². The lowest BCUT2D eigenvalue weighted by Crippen LogP contribution is -2.43. The summed E-state index contributed by atoms with van der Waals surface area (Å²) in [6.07, 6.45) is 3.32. The molecular weight excluding hydrogens is 268 g/mol. The molecular formula is C16H20N2O3. The Labute approximate surface area is 124 Å². The molecule has 1 aromatic rings. The molecule has 3 rings (SSSR count). The van der Waals surface area contributed by atoms with Crippen molar-refractivity contribution in [2.24, 2.45) is 0 Å². The first-order valence-electron chi connectivity index (χ1n) is 7.42. The van der Waals surface area contributed by atoms with E-state index in [0.29, 0.717) is 12.4 Å². The minimum atomic E-state index is -0.391. The van der Waals surface area contributed by atoms with Crippen LogP contribution in [0.4, 0.5) is 5.69 Å². The van der Waals surface area contributed by atoms with Crippen molar-refractivity contribution in [2.75, 3.05) is 11.7 Å². The molecule has 0 aliphatic carbocycles. The molecule has 2 aliphatic rings. The Morgan fingerprint density at radius 2 is 2.29 bits per heavy atom. The monoisotopic (exact) mass is 288 g/mol. The fraction of sp³-hybridized carbons (Fsp3) is 0.438. The van der Waals surface area contributed by atoms with Gasteiger partial charge in [0.05, 0.1) is 12.3 Å². The Kier molecular flexibility index (Phi) is 3.84. The van der Waals surface area contributed by atoms with Gasteiger partial charge in [-0.1, -0.05) is 18.2 Å². The quantitative estimate of drug-likeness (QED) is 0.818. The van der Waals surface area contributed by atoms with E-state index in [1.807, 2.05) is 24.3 Å². The van der Waals surface area contributed by atoms with Crippen LogP contribution in [0.25, 0.3) is 0 Å². The number of ether oxygens (including phenoxy) is 1. The molecule has 2 aliphatic heterocycles. The van der Waals surface area contributed by atoms with Crippen molar-refractivity contribution in [2.45, 2.75) is 38.6 Å². The smallest absolute Gasteiger partial charge is 0.328 e. The highest BCUT2D eigenvalue weighted by Crippen LogP contribution is 2.34. The van der Waals surface area contributed by atoms with Crippen LogP contribution in [0.2, 0.25) is 0 Å². The number of nitrogens with one attached hydrogen (secondary N) is 1. The zero-order valence-electron chi connectivity index (χ0n) is 12.1. The van der Waals surface area contributed by atoms with Crippen molar-refractivity contribution in [3.63, 3.8) is 0 Å². The second kappa shape index (κ2) is 5.77. The first-order chi connectivity index (χ1) is 10.2. The zero-order chi connectivity index (χ0) is 14.8. The maximum atomic E-state index is 12.0. The van der Waals surface area contributed by atoms with Gasteiger partial charge in [-0.2, -0.15) is 0 Å². The van der Waals surface area contributed by atoms with Gasteiger partial charge < -0.3 is 10.1 Å². The SMILES string of the molecule is CCOC(=O)C1CCCC2=C(N1)N(O)c1ccccc1C2. The number of hydrogen-bond acceptors (Lipinski definition) is 5. The van der Waals surface area contributed by atoms with Gasteiger partial charge >= 0.3 is 5.97 Å². The summed E-state index contributed by atoms with van der Waals surface area (Å²) in [6.45, 7) is 2.17. The highest BCUT2D eigenvalue weighted by molar-refractivity contribution is 5.76. The van der Waals surface area contributed by atoms with Crippen molar-refractivity contribution in [1.82, 2.24) is 5.32 Å².